The number of piperidine rings is 1. The Kier molecular flexibility index (Phi) is 8.27. The van der Waals surface area contributed by atoms with Crippen molar-refractivity contribution in [1.82, 2.24) is 41.3 Å². The monoisotopic (exact) mass is 557 g/mol. The van der Waals surface area contributed by atoms with Crippen molar-refractivity contribution in [1.29, 1.82) is 0 Å². The lowest BCUT2D eigenvalue weighted by molar-refractivity contribution is 0.263. The molecule has 4 aromatic rings. The molecule has 41 heavy (non-hydrogen) atoms. The number of hydrogen-bond acceptors (Lipinski definition) is 8. The number of imidazole rings is 1. The number of aromatic amines is 1. The van der Waals surface area contributed by atoms with Crippen LogP contribution < -0.4 is 26.8 Å². The first-order valence-corrected chi connectivity index (χ1v) is 14.6. The van der Waals surface area contributed by atoms with E-state index in [1.807, 2.05) is 50.8 Å². The molecule has 2 aromatic carbocycles. The number of benzene rings is 2. The van der Waals surface area contributed by atoms with E-state index in [9.17, 15) is 4.39 Å². The summed E-state index contributed by atoms with van der Waals surface area (Å²) >= 11 is 0. The van der Waals surface area contributed by atoms with Crippen molar-refractivity contribution in [3.63, 3.8) is 0 Å². The molecule has 2 fully saturated rings. The van der Waals surface area contributed by atoms with Gasteiger partial charge in [0.25, 0.3) is 0 Å². The predicted molar refractivity (Wildman–Crippen MR) is 162 cm³/mol. The fourth-order valence-corrected chi connectivity index (χ4v) is 6.06. The van der Waals surface area contributed by atoms with Gasteiger partial charge in [0.2, 0.25) is 0 Å². The van der Waals surface area contributed by atoms with E-state index in [0.29, 0.717) is 12.0 Å². The maximum absolute atomic E-state index is 14.7. The van der Waals surface area contributed by atoms with Crippen LogP contribution in [0.4, 0.5) is 10.1 Å². The van der Waals surface area contributed by atoms with Gasteiger partial charge in [-0.3, -0.25) is 10.4 Å². The number of aromatic nitrogens is 3. The van der Waals surface area contributed by atoms with Crippen molar-refractivity contribution in [2.75, 3.05) is 45.6 Å². The molecule has 9 nitrogen and oxygen atoms in total. The van der Waals surface area contributed by atoms with Gasteiger partial charge in [0, 0.05) is 67.8 Å². The molecule has 0 saturated carbocycles. The van der Waals surface area contributed by atoms with Gasteiger partial charge in [-0.05, 0) is 74.1 Å². The summed E-state index contributed by atoms with van der Waals surface area (Å²) < 4.78 is 14.7. The van der Waals surface area contributed by atoms with Crippen molar-refractivity contribution >= 4 is 16.7 Å². The highest BCUT2D eigenvalue weighted by Gasteiger charge is 2.42. The number of likely N-dealkylation sites (N-methyl/N-ethyl adjacent to an activating group) is 1. The molecule has 4 unspecified atom stereocenters. The maximum Gasteiger partial charge on any atom is 0.126 e. The van der Waals surface area contributed by atoms with Crippen molar-refractivity contribution < 1.29 is 4.39 Å². The van der Waals surface area contributed by atoms with Gasteiger partial charge in [0.1, 0.15) is 11.6 Å². The van der Waals surface area contributed by atoms with Crippen LogP contribution in [-0.2, 0) is 6.54 Å². The Bertz CT molecular complexity index is 1490. The summed E-state index contributed by atoms with van der Waals surface area (Å²) in [5.41, 5.74) is 13.7. The molecular weight excluding hydrogens is 517 g/mol. The summed E-state index contributed by atoms with van der Waals surface area (Å²) in [6.07, 6.45) is 4.87. The molecule has 10 heteroatoms. The summed E-state index contributed by atoms with van der Waals surface area (Å²) in [6.45, 7) is 6.32. The zero-order valence-corrected chi connectivity index (χ0v) is 24.0. The minimum absolute atomic E-state index is 0.0264. The lowest BCUT2D eigenvalue weighted by Gasteiger charge is -2.34. The third kappa shape index (κ3) is 6.12. The first kappa shape index (κ1) is 27.7. The Hall–Kier alpha value is -3.41. The maximum atomic E-state index is 14.7. The van der Waals surface area contributed by atoms with Gasteiger partial charge in [0.05, 0.1) is 17.1 Å². The number of fused-ring (bicyclic) bond motifs is 2. The van der Waals surface area contributed by atoms with Crippen LogP contribution in [0.1, 0.15) is 42.4 Å². The number of para-hydroxylation sites is 1. The van der Waals surface area contributed by atoms with Gasteiger partial charge >= 0.3 is 0 Å². The van der Waals surface area contributed by atoms with E-state index in [1.165, 1.54) is 11.1 Å². The molecule has 0 aliphatic carbocycles. The number of nitrogens with one attached hydrogen (secondary N) is 6. The number of pyridine rings is 1. The molecule has 4 heterocycles. The Morgan fingerprint density at radius 2 is 2.00 bits per heavy atom. The molecule has 4 atom stereocenters. The quantitative estimate of drug-likeness (QED) is 0.175. The number of H-pyrrole nitrogens is 1. The molecule has 6 N–H and O–H groups in total. The molecule has 0 spiro atoms. The van der Waals surface area contributed by atoms with Crippen LogP contribution in [0.2, 0.25) is 0 Å². The molecule has 0 bridgehead atoms. The smallest absolute Gasteiger partial charge is 0.126 e. The zero-order valence-electron chi connectivity index (χ0n) is 24.0. The van der Waals surface area contributed by atoms with Gasteiger partial charge in [0.15, 0.2) is 0 Å². The molecule has 2 aliphatic heterocycles. The van der Waals surface area contributed by atoms with E-state index in [-0.39, 0.29) is 17.9 Å². The van der Waals surface area contributed by atoms with Crippen LogP contribution in [0.15, 0.2) is 54.9 Å². The fraction of sp³-hybridized carbons (Fsp3) is 0.419. The van der Waals surface area contributed by atoms with Crippen LogP contribution in [-0.4, -0.2) is 66.2 Å². The highest BCUT2D eigenvalue weighted by atomic mass is 19.1. The van der Waals surface area contributed by atoms with Gasteiger partial charge in [-0.25, -0.2) is 14.8 Å². The third-order valence-corrected chi connectivity index (χ3v) is 8.18. The van der Waals surface area contributed by atoms with Crippen molar-refractivity contribution in [3.8, 4) is 11.1 Å². The van der Waals surface area contributed by atoms with E-state index in [1.54, 1.807) is 12.1 Å². The van der Waals surface area contributed by atoms with Gasteiger partial charge in [-0.15, -0.1) is 0 Å². The molecule has 216 valence electrons. The van der Waals surface area contributed by atoms with E-state index < -0.39 is 0 Å². The van der Waals surface area contributed by atoms with Crippen LogP contribution in [0.3, 0.4) is 0 Å². The molecular formula is C31H40FN9. The van der Waals surface area contributed by atoms with E-state index in [2.05, 4.69) is 54.7 Å². The first-order chi connectivity index (χ1) is 20.0. The van der Waals surface area contributed by atoms with Crippen molar-refractivity contribution in [2.45, 2.75) is 38.0 Å². The third-order valence-electron chi connectivity index (χ3n) is 8.18. The van der Waals surface area contributed by atoms with Gasteiger partial charge in [-0.1, -0.05) is 19.1 Å². The fourth-order valence-electron chi connectivity index (χ4n) is 6.06. The summed E-state index contributed by atoms with van der Waals surface area (Å²) in [5.74, 6) is 0.967. The standard InChI is InChI=1S/C31H40FN9/c1-4-33-15-19-10-21(17-34-16-19)27-14-25-28(18-36-27)39-40-30(25)31-37-26-7-5-6-24(29(26)38-31)20-11-22(32)13-23(12-20)35-8-9-41(2)3/h5-7,10-13,16-17,25,27-28,30,33,35-36,39-40H,4,8-9,14-15,18H2,1-3H3,(H,37,38). The van der Waals surface area contributed by atoms with Crippen LogP contribution in [0.5, 0.6) is 0 Å². The minimum atomic E-state index is -0.267. The van der Waals surface area contributed by atoms with Crippen LogP contribution in [0, 0.1) is 11.7 Å². The van der Waals surface area contributed by atoms with Crippen molar-refractivity contribution in [3.05, 3.63) is 77.6 Å². The molecule has 2 aliphatic rings. The van der Waals surface area contributed by atoms with E-state index in [4.69, 9.17) is 4.98 Å². The Morgan fingerprint density at radius 3 is 2.85 bits per heavy atom. The molecule has 0 radical (unpaired) electrons. The number of anilines is 1. The van der Waals surface area contributed by atoms with Crippen molar-refractivity contribution in [2.24, 2.45) is 5.92 Å². The highest BCUT2D eigenvalue weighted by Crippen LogP contribution is 2.39. The number of hydrazine groups is 1. The minimum Gasteiger partial charge on any atom is -0.384 e. The second-order valence-corrected chi connectivity index (χ2v) is 11.4. The summed E-state index contributed by atoms with van der Waals surface area (Å²) in [4.78, 5) is 15.3. The first-order valence-electron chi connectivity index (χ1n) is 14.6. The zero-order chi connectivity index (χ0) is 28.3. The van der Waals surface area contributed by atoms with E-state index >= 15 is 0 Å². The van der Waals surface area contributed by atoms with Crippen LogP contribution >= 0.6 is 0 Å². The largest absolute Gasteiger partial charge is 0.384 e. The highest BCUT2D eigenvalue weighted by molar-refractivity contribution is 5.92. The lowest BCUT2D eigenvalue weighted by atomic mass is 9.82. The number of nitrogens with zero attached hydrogens (tertiary/aromatic N) is 3. The van der Waals surface area contributed by atoms with Gasteiger partial charge < -0.3 is 25.8 Å². The molecule has 2 aromatic heterocycles. The Balaban J connectivity index is 1.25. The van der Waals surface area contributed by atoms with Gasteiger partial charge in [-0.2, -0.15) is 0 Å². The Labute approximate surface area is 240 Å². The number of halogens is 1. The number of rotatable bonds is 10. The second kappa shape index (κ2) is 12.2. The van der Waals surface area contributed by atoms with E-state index in [0.717, 1.165) is 72.8 Å². The second-order valence-electron chi connectivity index (χ2n) is 11.4. The summed E-state index contributed by atoms with van der Waals surface area (Å²) in [7, 11) is 4.05. The van der Waals surface area contributed by atoms with Crippen LogP contribution in [0.25, 0.3) is 22.2 Å². The normalized spacial score (nSPS) is 22.4. The predicted octanol–water partition coefficient (Wildman–Crippen LogP) is 3.72. The topological polar surface area (TPSA) is 105 Å². The molecule has 6 rings (SSSR count). The molecule has 0 amide bonds. The molecule has 2 saturated heterocycles. The SMILES string of the molecule is CCNCc1cncc(C2CC3C(CN2)NNC3c2nc3c(-c4cc(F)cc(NCCN(C)C)c4)cccc3[nH]2)c1. The average Bonchev–Trinajstić information content (AvgIpc) is 3.59. The lowest BCUT2D eigenvalue weighted by Crippen LogP contribution is -2.46. The average molecular weight is 558 g/mol. The Morgan fingerprint density at radius 1 is 1.10 bits per heavy atom. The summed E-state index contributed by atoms with van der Waals surface area (Å²) in [6, 6.07) is 14.0. The number of hydrogen-bond donors (Lipinski definition) is 6. The summed E-state index contributed by atoms with van der Waals surface area (Å²) in [5, 5.41) is 10.4.